The van der Waals surface area contributed by atoms with Crippen molar-refractivity contribution in [1.82, 2.24) is 10.2 Å². The van der Waals surface area contributed by atoms with Gasteiger partial charge in [-0.1, -0.05) is 23.7 Å². The van der Waals surface area contributed by atoms with Gasteiger partial charge in [-0.2, -0.15) is 0 Å². The standard InChI is InChI=1S/C19H18ClN3O2S/c20-16-6-2-1-5-15(16)17(24)22-19(26)21-14-9-7-13(8-10-14)18(25)23-11-3-4-12-23/h1-2,5-10H,3-4,11-12H2,(H2,21,22,24,26). The summed E-state index contributed by atoms with van der Waals surface area (Å²) >= 11 is 11.2. The summed E-state index contributed by atoms with van der Waals surface area (Å²) in [5.74, 6) is -0.336. The first kappa shape index (κ1) is 18.4. The molecule has 0 saturated carbocycles. The van der Waals surface area contributed by atoms with Crippen molar-refractivity contribution in [2.45, 2.75) is 12.8 Å². The molecule has 0 aliphatic carbocycles. The van der Waals surface area contributed by atoms with Crippen LogP contribution in [0.3, 0.4) is 0 Å². The molecule has 5 nitrogen and oxygen atoms in total. The zero-order valence-corrected chi connectivity index (χ0v) is 15.6. The Balaban J connectivity index is 1.58. The van der Waals surface area contributed by atoms with Gasteiger partial charge in [0.15, 0.2) is 5.11 Å². The highest BCUT2D eigenvalue weighted by atomic mass is 35.5. The predicted molar refractivity (Wildman–Crippen MR) is 107 cm³/mol. The second-order valence-corrected chi connectivity index (χ2v) is 6.78. The summed E-state index contributed by atoms with van der Waals surface area (Å²) in [4.78, 5) is 26.4. The van der Waals surface area contributed by atoms with Crippen molar-refractivity contribution >= 4 is 46.4 Å². The highest BCUT2D eigenvalue weighted by Crippen LogP contribution is 2.16. The van der Waals surface area contributed by atoms with Crippen LogP contribution in [-0.4, -0.2) is 34.9 Å². The smallest absolute Gasteiger partial charge is 0.258 e. The van der Waals surface area contributed by atoms with Gasteiger partial charge in [0.1, 0.15) is 0 Å². The summed E-state index contributed by atoms with van der Waals surface area (Å²) in [6.45, 7) is 1.63. The summed E-state index contributed by atoms with van der Waals surface area (Å²) in [5.41, 5.74) is 1.68. The number of rotatable bonds is 3. The van der Waals surface area contributed by atoms with E-state index in [-0.39, 0.29) is 16.9 Å². The lowest BCUT2D eigenvalue weighted by atomic mass is 10.2. The summed E-state index contributed by atoms with van der Waals surface area (Å²) in [6, 6.07) is 13.8. The van der Waals surface area contributed by atoms with Gasteiger partial charge < -0.3 is 10.2 Å². The monoisotopic (exact) mass is 387 g/mol. The molecule has 0 unspecified atom stereocenters. The normalized spacial score (nSPS) is 13.3. The maximum absolute atomic E-state index is 12.3. The van der Waals surface area contributed by atoms with E-state index in [4.69, 9.17) is 23.8 Å². The summed E-state index contributed by atoms with van der Waals surface area (Å²) in [7, 11) is 0. The van der Waals surface area contributed by atoms with Gasteiger partial charge in [0, 0.05) is 24.3 Å². The van der Waals surface area contributed by atoms with E-state index in [2.05, 4.69) is 10.6 Å². The molecule has 2 N–H and O–H groups in total. The van der Waals surface area contributed by atoms with Crippen molar-refractivity contribution in [3.05, 3.63) is 64.7 Å². The van der Waals surface area contributed by atoms with E-state index in [1.54, 1.807) is 48.5 Å². The molecule has 1 aliphatic rings. The van der Waals surface area contributed by atoms with E-state index in [1.807, 2.05) is 4.90 Å². The summed E-state index contributed by atoms with van der Waals surface area (Å²) < 4.78 is 0. The molecule has 0 radical (unpaired) electrons. The number of thiocarbonyl (C=S) groups is 1. The number of nitrogens with zero attached hydrogens (tertiary/aromatic N) is 1. The molecule has 1 fully saturated rings. The average Bonchev–Trinajstić information content (AvgIpc) is 3.16. The minimum atomic E-state index is -0.381. The first-order valence-electron chi connectivity index (χ1n) is 8.31. The van der Waals surface area contributed by atoms with E-state index >= 15 is 0 Å². The third-order valence-corrected chi connectivity index (χ3v) is 4.66. The fourth-order valence-corrected chi connectivity index (χ4v) is 3.21. The number of halogens is 1. The molecular weight excluding hydrogens is 370 g/mol. The fourth-order valence-electron chi connectivity index (χ4n) is 2.78. The van der Waals surface area contributed by atoms with E-state index in [0.717, 1.165) is 25.9 Å². The Kier molecular flexibility index (Phi) is 5.85. The van der Waals surface area contributed by atoms with Crippen molar-refractivity contribution in [3.8, 4) is 0 Å². The van der Waals surface area contributed by atoms with Crippen molar-refractivity contribution in [3.63, 3.8) is 0 Å². The largest absolute Gasteiger partial charge is 0.339 e. The molecule has 0 aromatic heterocycles. The number of amides is 2. The molecule has 3 rings (SSSR count). The first-order chi connectivity index (χ1) is 12.5. The van der Waals surface area contributed by atoms with Gasteiger partial charge in [0.25, 0.3) is 11.8 Å². The van der Waals surface area contributed by atoms with Crippen LogP contribution in [0.5, 0.6) is 0 Å². The lowest BCUT2D eigenvalue weighted by molar-refractivity contribution is 0.0792. The Hall–Kier alpha value is -2.44. The molecule has 2 aromatic rings. The number of likely N-dealkylation sites (tertiary alicyclic amines) is 1. The van der Waals surface area contributed by atoms with Crippen LogP contribution in [0.4, 0.5) is 5.69 Å². The van der Waals surface area contributed by atoms with Crippen molar-refractivity contribution in [2.75, 3.05) is 18.4 Å². The fraction of sp³-hybridized carbons (Fsp3) is 0.211. The molecule has 1 aliphatic heterocycles. The number of hydrogen-bond donors (Lipinski definition) is 2. The van der Waals surface area contributed by atoms with Crippen LogP contribution in [-0.2, 0) is 0 Å². The van der Waals surface area contributed by atoms with Gasteiger partial charge in [-0.3, -0.25) is 14.9 Å². The molecule has 1 saturated heterocycles. The van der Waals surface area contributed by atoms with Crippen LogP contribution in [0.25, 0.3) is 0 Å². The quantitative estimate of drug-likeness (QED) is 0.788. The molecular formula is C19H18ClN3O2S. The Morgan fingerprint density at radius 1 is 1.00 bits per heavy atom. The van der Waals surface area contributed by atoms with Gasteiger partial charge >= 0.3 is 0 Å². The number of anilines is 1. The van der Waals surface area contributed by atoms with Gasteiger partial charge in [-0.05, 0) is 61.5 Å². The average molecular weight is 388 g/mol. The van der Waals surface area contributed by atoms with Crippen molar-refractivity contribution < 1.29 is 9.59 Å². The van der Waals surface area contributed by atoms with Gasteiger partial charge in [0.2, 0.25) is 0 Å². The number of benzene rings is 2. The molecule has 1 heterocycles. The second kappa shape index (κ2) is 8.29. The van der Waals surface area contributed by atoms with Gasteiger partial charge in [-0.15, -0.1) is 0 Å². The minimum absolute atomic E-state index is 0.0450. The Morgan fingerprint density at radius 2 is 1.65 bits per heavy atom. The highest BCUT2D eigenvalue weighted by Gasteiger charge is 2.19. The Morgan fingerprint density at radius 3 is 2.31 bits per heavy atom. The second-order valence-electron chi connectivity index (χ2n) is 5.96. The van der Waals surface area contributed by atoms with Crippen LogP contribution >= 0.6 is 23.8 Å². The van der Waals surface area contributed by atoms with Crippen molar-refractivity contribution in [2.24, 2.45) is 0 Å². The molecule has 134 valence electrons. The van der Waals surface area contributed by atoms with Crippen LogP contribution < -0.4 is 10.6 Å². The highest BCUT2D eigenvalue weighted by molar-refractivity contribution is 7.80. The third-order valence-electron chi connectivity index (χ3n) is 4.13. The Bertz CT molecular complexity index is 833. The Labute approximate surface area is 162 Å². The van der Waals surface area contributed by atoms with E-state index in [9.17, 15) is 9.59 Å². The molecule has 0 spiro atoms. The van der Waals surface area contributed by atoms with E-state index in [0.29, 0.717) is 21.8 Å². The zero-order chi connectivity index (χ0) is 18.5. The molecule has 26 heavy (non-hydrogen) atoms. The topological polar surface area (TPSA) is 61.4 Å². The van der Waals surface area contributed by atoms with Gasteiger partial charge in [-0.25, -0.2) is 0 Å². The van der Waals surface area contributed by atoms with Gasteiger partial charge in [0.05, 0.1) is 10.6 Å². The maximum atomic E-state index is 12.3. The minimum Gasteiger partial charge on any atom is -0.339 e. The number of hydrogen-bond acceptors (Lipinski definition) is 3. The SMILES string of the molecule is O=C(NC(=S)Nc1ccc(C(=O)N2CCCC2)cc1)c1ccccc1Cl. The zero-order valence-electron chi connectivity index (χ0n) is 14.0. The summed E-state index contributed by atoms with van der Waals surface area (Å²) in [5, 5.41) is 6.04. The van der Waals surface area contributed by atoms with Crippen molar-refractivity contribution in [1.29, 1.82) is 0 Å². The van der Waals surface area contributed by atoms with Crippen LogP contribution in [0, 0.1) is 0 Å². The number of nitrogens with one attached hydrogen (secondary N) is 2. The lowest BCUT2D eigenvalue weighted by Gasteiger charge is -2.15. The predicted octanol–water partition coefficient (Wildman–Crippen LogP) is 3.70. The van der Waals surface area contributed by atoms with E-state index < -0.39 is 0 Å². The third kappa shape index (κ3) is 4.39. The van der Waals surface area contributed by atoms with E-state index in [1.165, 1.54) is 0 Å². The molecule has 2 aromatic carbocycles. The molecule has 7 heteroatoms. The number of carbonyl (C=O) groups is 2. The van der Waals surface area contributed by atoms with Crippen LogP contribution in [0.2, 0.25) is 5.02 Å². The maximum Gasteiger partial charge on any atom is 0.258 e. The summed E-state index contributed by atoms with van der Waals surface area (Å²) in [6.07, 6.45) is 2.12. The molecule has 0 atom stereocenters. The lowest BCUT2D eigenvalue weighted by Crippen LogP contribution is -2.34. The first-order valence-corrected chi connectivity index (χ1v) is 9.09. The number of carbonyl (C=O) groups excluding carboxylic acids is 2. The molecule has 2 amide bonds. The van der Waals surface area contributed by atoms with Crippen LogP contribution in [0.15, 0.2) is 48.5 Å². The van der Waals surface area contributed by atoms with Crippen LogP contribution in [0.1, 0.15) is 33.6 Å². The molecule has 0 bridgehead atoms.